The highest BCUT2D eigenvalue weighted by Crippen LogP contribution is 2.45. The van der Waals surface area contributed by atoms with Crippen LogP contribution in [0.4, 0.5) is 5.13 Å². The summed E-state index contributed by atoms with van der Waals surface area (Å²) in [5, 5.41) is 20.4. The van der Waals surface area contributed by atoms with Gasteiger partial charge in [-0.25, -0.2) is 0 Å². The van der Waals surface area contributed by atoms with Gasteiger partial charge in [-0.05, 0) is 55.3 Å². The van der Waals surface area contributed by atoms with Crippen molar-refractivity contribution in [1.29, 1.82) is 0 Å². The topological polar surface area (TPSA) is 111 Å². The van der Waals surface area contributed by atoms with Crippen molar-refractivity contribution < 1.29 is 28.9 Å². The average molecular weight is 602 g/mol. The number of aromatic nitrogens is 2. The molecule has 1 atom stereocenters. The number of carbonyl (C=O) groups excluding carboxylic acids is 2. The second-order valence-corrected chi connectivity index (χ2v) is 11.8. The van der Waals surface area contributed by atoms with E-state index in [-0.39, 0.29) is 16.5 Å². The molecule has 2 aliphatic rings. The number of amides is 1. The van der Waals surface area contributed by atoms with E-state index < -0.39 is 17.7 Å². The Bertz CT molecular complexity index is 1680. The van der Waals surface area contributed by atoms with Crippen molar-refractivity contribution in [2.24, 2.45) is 0 Å². The number of aliphatic hydroxyl groups excluding tert-OH is 1. The number of anilines is 1. The van der Waals surface area contributed by atoms with Crippen molar-refractivity contribution in [1.82, 2.24) is 10.2 Å². The van der Waals surface area contributed by atoms with E-state index in [1.807, 2.05) is 13.8 Å². The van der Waals surface area contributed by atoms with Crippen molar-refractivity contribution >= 4 is 45.7 Å². The standard InChI is InChI=1S/C31H27N3O6S2/c1-3-38-22-6-4-5-20(15-22)26-25(27(35)21-11-12-23-24(16-21)40-14-13-39-23)28(36)29(37)34(26)30-32-33-31(42-30)41-17-19-9-7-18(2)8-10-19/h4-12,15-16,26,35H,3,13-14,17H2,1-2H3. The Labute approximate surface area is 250 Å². The van der Waals surface area contributed by atoms with E-state index in [0.717, 1.165) is 5.56 Å². The van der Waals surface area contributed by atoms with E-state index >= 15 is 0 Å². The Morgan fingerprint density at radius 1 is 1.05 bits per heavy atom. The van der Waals surface area contributed by atoms with E-state index in [1.54, 1.807) is 42.5 Å². The number of fused-ring (bicyclic) bond motifs is 1. The van der Waals surface area contributed by atoms with E-state index in [1.165, 1.54) is 33.6 Å². The molecule has 6 rings (SSSR count). The summed E-state index contributed by atoms with van der Waals surface area (Å²) < 4.78 is 17.6. The van der Waals surface area contributed by atoms with Crippen LogP contribution >= 0.6 is 23.1 Å². The molecule has 1 unspecified atom stereocenters. The van der Waals surface area contributed by atoms with E-state index in [2.05, 4.69) is 34.5 Å². The molecular formula is C31H27N3O6S2. The molecule has 9 nitrogen and oxygen atoms in total. The molecule has 0 radical (unpaired) electrons. The molecule has 3 heterocycles. The van der Waals surface area contributed by atoms with Crippen LogP contribution in [0.3, 0.4) is 0 Å². The summed E-state index contributed by atoms with van der Waals surface area (Å²) in [4.78, 5) is 28.5. The van der Waals surface area contributed by atoms with E-state index in [9.17, 15) is 14.7 Å². The van der Waals surface area contributed by atoms with Crippen molar-refractivity contribution in [3.63, 3.8) is 0 Å². The molecule has 1 fully saturated rings. The van der Waals surface area contributed by atoms with Crippen LogP contribution in [0.25, 0.3) is 5.76 Å². The highest BCUT2D eigenvalue weighted by atomic mass is 32.2. The van der Waals surface area contributed by atoms with Crippen molar-refractivity contribution in [2.75, 3.05) is 24.7 Å². The number of hydrogen-bond donors (Lipinski definition) is 1. The Morgan fingerprint density at radius 3 is 2.62 bits per heavy atom. The predicted octanol–water partition coefficient (Wildman–Crippen LogP) is 5.94. The summed E-state index contributed by atoms with van der Waals surface area (Å²) in [6, 6.07) is 19.3. The number of nitrogens with zero attached hydrogens (tertiary/aromatic N) is 3. The van der Waals surface area contributed by atoms with Crippen molar-refractivity contribution in [3.05, 3.63) is 94.6 Å². The molecule has 0 spiro atoms. The number of Topliss-reactive ketones (excluding diaryl/α,β-unsaturated/α-hetero) is 1. The lowest BCUT2D eigenvalue weighted by Gasteiger charge is -2.23. The molecule has 1 amide bonds. The highest BCUT2D eigenvalue weighted by molar-refractivity contribution is 8.00. The number of thioether (sulfide) groups is 1. The summed E-state index contributed by atoms with van der Waals surface area (Å²) in [5.74, 6) is 0.310. The molecule has 42 heavy (non-hydrogen) atoms. The molecule has 0 saturated carbocycles. The largest absolute Gasteiger partial charge is 0.507 e. The fourth-order valence-corrected chi connectivity index (χ4v) is 6.64. The molecule has 11 heteroatoms. The van der Waals surface area contributed by atoms with Crippen LogP contribution in [-0.4, -0.2) is 46.8 Å². The fraction of sp³-hybridized carbons (Fsp3) is 0.226. The first-order valence-corrected chi connectivity index (χ1v) is 15.2. The summed E-state index contributed by atoms with van der Waals surface area (Å²) >= 11 is 2.72. The van der Waals surface area contributed by atoms with Gasteiger partial charge in [0.2, 0.25) is 5.13 Å². The lowest BCUT2D eigenvalue weighted by Crippen LogP contribution is -2.29. The quantitative estimate of drug-likeness (QED) is 0.0863. The second-order valence-electron chi connectivity index (χ2n) is 9.66. The smallest absolute Gasteiger partial charge is 0.301 e. The Balaban J connectivity index is 1.39. The van der Waals surface area contributed by atoms with Gasteiger partial charge in [-0.3, -0.25) is 14.5 Å². The van der Waals surface area contributed by atoms with Gasteiger partial charge in [-0.1, -0.05) is 65.1 Å². The van der Waals surface area contributed by atoms with Crippen molar-refractivity contribution in [3.8, 4) is 17.2 Å². The second kappa shape index (κ2) is 11.9. The maximum Gasteiger partial charge on any atom is 0.301 e. The lowest BCUT2D eigenvalue weighted by atomic mass is 9.95. The summed E-state index contributed by atoms with van der Waals surface area (Å²) in [6.07, 6.45) is 0. The normalized spacial score (nSPS) is 17.5. The lowest BCUT2D eigenvalue weighted by molar-refractivity contribution is -0.132. The fourth-order valence-electron chi connectivity index (χ4n) is 4.82. The van der Waals surface area contributed by atoms with Gasteiger partial charge in [0, 0.05) is 11.3 Å². The zero-order valence-electron chi connectivity index (χ0n) is 22.9. The number of aliphatic hydroxyl groups is 1. The van der Waals surface area contributed by atoms with E-state index in [0.29, 0.717) is 58.3 Å². The van der Waals surface area contributed by atoms with Gasteiger partial charge in [0.15, 0.2) is 15.8 Å². The van der Waals surface area contributed by atoms with Gasteiger partial charge >= 0.3 is 5.91 Å². The summed E-state index contributed by atoms with van der Waals surface area (Å²) in [7, 11) is 0. The summed E-state index contributed by atoms with van der Waals surface area (Å²) in [5.41, 5.74) is 3.17. The minimum Gasteiger partial charge on any atom is -0.507 e. The van der Waals surface area contributed by atoms with Crippen LogP contribution in [0.5, 0.6) is 17.2 Å². The molecule has 4 aromatic rings. The van der Waals surface area contributed by atoms with Crippen LogP contribution in [0.1, 0.15) is 35.2 Å². The molecule has 1 N–H and O–H groups in total. The van der Waals surface area contributed by atoms with Gasteiger partial charge in [0.05, 0.1) is 18.2 Å². The number of benzene rings is 3. The van der Waals surface area contributed by atoms with Crippen molar-refractivity contribution in [2.45, 2.75) is 30.0 Å². The maximum absolute atomic E-state index is 13.6. The third kappa shape index (κ3) is 5.45. The monoisotopic (exact) mass is 601 g/mol. The molecule has 1 aromatic heterocycles. The third-order valence-corrected chi connectivity index (χ3v) is 8.96. The average Bonchev–Trinajstić information content (AvgIpc) is 3.58. The van der Waals surface area contributed by atoms with E-state index in [4.69, 9.17) is 14.2 Å². The Morgan fingerprint density at radius 2 is 1.83 bits per heavy atom. The number of aryl methyl sites for hydroxylation is 1. The van der Waals surface area contributed by atoms with Gasteiger partial charge in [0.25, 0.3) is 5.78 Å². The number of ether oxygens (including phenoxy) is 3. The summed E-state index contributed by atoms with van der Waals surface area (Å²) in [6.45, 7) is 5.15. The number of hydrogen-bond acceptors (Lipinski definition) is 10. The minimum atomic E-state index is -0.957. The number of carbonyl (C=O) groups is 2. The first kappa shape index (κ1) is 27.8. The first-order chi connectivity index (χ1) is 20.4. The Hall–Kier alpha value is -4.35. The van der Waals surface area contributed by atoms with Gasteiger partial charge in [0.1, 0.15) is 24.7 Å². The van der Waals surface area contributed by atoms with Gasteiger partial charge in [-0.15, -0.1) is 10.2 Å². The molecule has 214 valence electrons. The van der Waals surface area contributed by atoms with Crippen LogP contribution in [0, 0.1) is 6.92 Å². The predicted molar refractivity (Wildman–Crippen MR) is 160 cm³/mol. The Kier molecular flexibility index (Phi) is 7.86. The zero-order chi connectivity index (χ0) is 29.2. The molecule has 3 aromatic carbocycles. The van der Waals surface area contributed by atoms with Gasteiger partial charge in [-0.2, -0.15) is 0 Å². The first-order valence-electron chi connectivity index (χ1n) is 13.4. The highest BCUT2D eigenvalue weighted by Gasteiger charge is 2.48. The van der Waals surface area contributed by atoms with Crippen LogP contribution in [0.15, 0.2) is 76.6 Å². The SMILES string of the molecule is CCOc1cccc(C2C(=C(O)c3ccc4c(c3)OCCO4)C(=O)C(=O)N2c2nnc(SCc3ccc(C)cc3)s2)c1. The van der Waals surface area contributed by atoms with Crippen LogP contribution in [-0.2, 0) is 15.3 Å². The molecule has 0 aliphatic carbocycles. The maximum atomic E-state index is 13.6. The number of rotatable bonds is 8. The molecule has 2 aliphatic heterocycles. The van der Waals surface area contributed by atoms with Crippen LogP contribution in [0.2, 0.25) is 0 Å². The zero-order valence-corrected chi connectivity index (χ0v) is 24.5. The number of ketones is 1. The minimum absolute atomic E-state index is 0.0608. The third-order valence-electron chi connectivity index (χ3n) is 6.83. The molecule has 1 saturated heterocycles. The molecular weight excluding hydrogens is 574 g/mol. The van der Waals surface area contributed by atoms with Gasteiger partial charge < -0.3 is 19.3 Å². The molecule has 0 bridgehead atoms. The van der Waals surface area contributed by atoms with Crippen LogP contribution < -0.4 is 19.1 Å².